The zero-order chi connectivity index (χ0) is 13.9. The Kier molecular flexibility index (Phi) is 4.11. The molecule has 1 heterocycles. The molecule has 1 unspecified atom stereocenters. The van der Waals surface area contributed by atoms with E-state index in [1.54, 1.807) is 0 Å². The van der Waals surface area contributed by atoms with Gasteiger partial charge in [-0.3, -0.25) is 4.79 Å². The smallest absolute Gasteiger partial charge is 0.224 e. The first-order valence-electron chi connectivity index (χ1n) is 5.99. The van der Waals surface area contributed by atoms with E-state index in [1.165, 1.54) is 6.07 Å². The van der Waals surface area contributed by atoms with Crippen molar-refractivity contribution in [2.45, 2.75) is 18.4 Å². The van der Waals surface area contributed by atoms with Crippen LogP contribution in [0, 0.1) is 11.6 Å². The average Bonchev–Trinajstić information content (AvgIpc) is 2.78. The number of hydrogen-bond acceptors (Lipinski definition) is 3. The predicted molar refractivity (Wildman–Crippen MR) is 63.5 cm³/mol. The molecule has 1 saturated heterocycles. The summed E-state index contributed by atoms with van der Waals surface area (Å²) in [5, 5.41) is 12.5. The molecule has 4 nitrogen and oxygen atoms in total. The van der Waals surface area contributed by atoms with Gasteiger partial charge in [0.15, 0.2) is 0 Å². The van der Waals surface area contributed by atoms with E-state index in [0.717, 1.165) is 12.1 Å². The van der Waals surface area contributed by atoms with Gasteiger partial charge in [-0.2, -0.15) is 0 Å². The molecule has 0 bridgehead atoms. The van der Waals surface area contributed by atoms with E-state index >= 15 is 0 Å². The second kappa shape index (κ2) is 5.63. The highest BCUT2D eigenvalue weighted by molar-refractivity contribution is 5.78. The van der Waals surface area contributed by atoms with Crippen molar-refractivity contribution in [2.24, 2.45) is 0 Å². The summed E-state index contributed by atoms with van der Waals surface area (Å²) in [6.07, 6.45) is 0.265. The Labute approximate surface area is 109 Å². The number of rotatable bonds is 4. The van der Waals surface area contributed by atoms with Crippen molar-refractivity contribution < 1.29 is 23.4 Å². The Hall–Kier alpha value is -1.53. The number of amides is 1. The Bertz CT molecular complexity index is 473. The van der Waals surface area contributed by atoms with Crippen molar-refractivity contribution in [3.05, 3.63) is 35.4 Å². The van der Waals surface area contributed by atoms with E-state index < -0.39 is 23.1 Å². The van der Waals surface area contributed by atoms with Gasteiger partial charge >= 0.3 is 0 Å². The maximum atomic E-state index is 13.3. The van der Waals surface area contributed by atoms with Crippen LogP contribution in [0.5, 0.6) is 0 Å². The molecule has 0 saturated carbocycles. The van der Waals surface area contributed by atoms with E-state index in [4.69, 9.17) is 4.74 Å². The van der Waals surface area contributed by atoms with Crippen LogP contribution in [0.4, 0.5) is 8.78 Å². The van der Waals surface area contributed by atoms with Gasteiger partial charge in [-0.1, -0.05) is 6.07 Å². The summed E-state index contributed by atoms with van der Waals surface area (Å²) < 4.78 is 31.1. The number of carbonyl (C=O) groups excluding carboxylic acids is 1. The van der Waals surface area contributed by atoms with Gasteiger partial charge in [-0.05, 0) is 11.6 Å². The van der Waals surface area contributed by atoms with Crippen LogP contribution in [0.2, 0.25) is 0 Å². The first-order chi connectivity index (χ1) is 8.98. The van der Waals surface area contributed by atoms with Gasteiger partial charge in [0.1, 0.15) is 17.2 Å². The molecule has 0 radical (unpaired) electrons. The van der Waals surface area contributed by atoms with E-state index in [9.17, 15) is 18.7 Å². The van der Waals surface area contributed by atoms with Crippen LogP contribution < -0.4 is 5.32 Å². The standard InChI is InChI=1S/C13H15F2NO3/c14-10-2-1-9(11(15)6-10)5-12(17)16-7-13(18)3-4-19-8-13/h1-2,6,18H,3-5,7-8H2,(H,16,17). The van der Waals surface area contributed by atoms with E-state index in [-0.39, 0.29) is 25.1 Å². The van der Waals surface area contributed by atoms with Gasteiger partial charge in [-0.15, -0.1) is 0 Å². The molecular formula is C13H15F2NO3. The Morgan fingerprint density at radius 1 is 1.47 bits per heavy atom. The molecular weight excluding hydrogens is 256 g/mol. The van der Waals surface area contributed by atoms with Gasteiger partial charge in [-0.25, -0.2) is 8.78 Å². The predicted octanol–water partition coefficient (Wildman–Crippen LogP) is 0.775. The van der Waals surface area contributed by atoms with Crippen LogP contribution in [0.3, 0.4) is 0 Å². The first-order valence-corrected chi connectivity index (χ1v) is 5.99. The Balaban J connectivity index is 1.87. The number of aliphatic hydroxyl groups is 1. The van der Waals surface area contributed by atoms with Crippen LogP contribution in [0.15, 0.2) is 18.2 Å². The minimum atomic E-state index is -1.04. The third kappa shape index (κ3) is 3.71. The molecule has 6 heteroatoms. The van der Waals surface area contributed by atoms with Gasteiger partial charge in [0.25, 0.3) is 0 Å². The van der Waals surface area contributed by atoms with E-state index in [1.807, 2.05) is 0 Å². The largest absolute Gasteiger partial charge is 0.386 e. The van der Waals surface area contributed by atoms with Gasteiger partial charge < -0.3 is 15.2 Å². The lowest BCUT2D eigenvalue weighted by atomic mass is 10.0. The molecule has 1 aromatic rings. The number of carbonyl (C=O) groups is 1. The number of benzene rings is 1. The maximum Gasteiger partial charge on any atom is 0.224 e. The van der Waals surface area contributed by atoms with Crippen LogP contribution in [-0.4, -0.2) is 36.4 Å². The van der Waals surface area contributed by atoms with E-state index in [2.05, 4.69) is 5.32 Å². The molecule has 0 aromatic heterocycles. The molecule has 0 aliphatic carbocycles. The fourth-order valence-electron chi connectivity index (χ4n) is 1.90. The van der Waals surface area contributed by atoms with Crippen LogP contribution in [0.1, 0.15) is 12.0 Å². The zero-order valence-corrected chi connectivity index (χ0v) is 10.3. The van der Waals surface area contributed by atoms with Crippen molar-refractivity contribution in [1.29, 1.82) is 0 Å². The summed E-state index contributed by atoms with van der Waals surface area (Å²) in [7, 11) is 0. The summed E-state index contributed by atoms with van der Waals surface area (Å²) in [6, 6.07) is 3.07. The first kappa shape index (κ1) is 13.9. The average molecular weight is 271 g/mol. The minimum absolute atomic E-state index is 0.0641. The lowest BCUT2D eigenvalue weighted by Crippen LogP contribution is -2.43. The summed E-state index contributed by atoms with van der Waals surface area (Å²) in [4.78, 5) is 11.6. The van der Waals surface area contributed by atoms with Crippen molar-refractivity contribution in [3.63, 3.8) is 0 Å². The Morgan fingerprint density at radius 2 is 2.26 bits per heavy atom. The molecule has 1 fully saturated rings. The van der Waals surface area contributed by atoms with Gasteiger partial charge in [0.2, 0.25) is 5.91 Å². The lowest BCUT2D eigenvalue weighted by Gasteiger charge is -2.20. The summed E-state index contributed by atoms with van der Waals surface area (Å²) in [5.41, 5.74) is -0.926. The summed E-state index contributed by atoms with van der Waals surface area (Å²) in [6.45, 7) is 0.700. The van der Waals surface area contributed by atoms with Gasteiger partial charge in [0, 0.05) is 25.6 Å². The molecule has 1 aromatic carbocycles. The van der Waals surface area contributed by atoms with Crippen molar-refractivity contribution in [2.75, 3.05) is 19.8 Å². The third-order valence-corrected chi connectivity index (χ3v) is 3.06. The maximum absolute atomic E-state index is 13.3. The van der Waals surface area contributed by atoms with Crippen molar-refractivity contribution in [3.8, 4) is 0 Å². The topological polar surface area (TPSA) is 58.6 Å². The highest BCUT2D eigenvalue weighted by Gasteiger charge is 2.32. The van der Waals surface area contributed by atoms with Crippen LogP contribution in [-0.2, 0) is 16.0 Å². The number of ether oxygens (including phenoxy) is 1. The van der Waals surface area contributed by atoms with Crippen LogP contribution in [0.25, 0.3) is 0 Å². The molecule has 1 amide bonds. The van der Waals surface area contributed by atoms with Crippen molar-refractivity contribution in [1.82, 2.24) is 5.32 Å². The highest BCUT2D eigenvalue weighted by Crippen LogP contribution is 2.17. The quantitative estimate of drug-likeness (QED) is 0.850. The molecule has 0 spiro atoms. The van der Waals surface area contributed by atoms with Gasteiger partial charge in [0.05, 0.1) is 13.0 Å². The van der Waals surface area contributed by atoms with Crippen molar-refractivity contribution >= 4 is 5.91 Å². The minimum Gasteiger partial charge on any atom is -0.386 e. The number of nitrogens with one attached hydrogen (secondary N) is 1. The Morgan fingerprint density at radius 3 is 2.89 bits per heavy atom. The molecule has 2 rings (SSSR count). The number of hydrogen-bond donors (Lipinski definition) is 2. The molecule has 2 N–H and O–H groups in total. The molecule has 1 atom stereocenters. The second-order valence-corrected chi connectivity index (χ2v) is 4.72. The van der Waals surface area contributed by atoms with Crippen LogP contribution >= 0.6 is 0 Å². The summed E-state index contributed by atoms with van der Waals surface area (Å²) in [5.74, 6) is -1.86. The fraction of sp³-hybridized carbons (Fsp3) is 0.462. The second-order valence-electron chi connectivity index (χ2n) is 4.72. The zero-order valence-electron chi connectivity index (χ0n) is 10.3. The highest BCUT2D eigenvalue weighted by atomic mass is 19.1. The molecule has 19 heavy (non-hydrogen) atoms. The lowest BCUT2D eigenvalue weighted by molar-refractivity contribution is -0.121. The van der Waals surface area contributed by atoms with E-state index in [0.29, 0.717) is 13.0 Å². The summed E-state index contributed by atoms with van der Waals surface area (Å²) >= 11 is 0. The monoisotopic (exact) mass is 271 g/mol. The molecule has 104 valence electrons. The molecule has 1 aliphatic rings. The third-order valence-electron chi connectivity index (χ3n) is 3.06. The number of halogens is 2. The molecule has 1 aliphatic heterocycles. The fourth-order valence-corrected chi connectivity index (χ4v) is 1.90. The SMILES string of the molecule is O=C(Cc1ccc(F)cc1F)NCC1(O)CCOC1. The normalized spacial score (nSPS) is 22.5.